The second-order valence-corrected chi connectivity index (χ2v) is 7.36. The van der Waals surface area contributed by atoms with Gasteiger partial charge in [-0.25, -0.2) is 9.67 Å². The SMILES string of the molecule is Cc1nn(-c2ccccn2)c(C)c1N1CCN(C(=O)CN2C(=O)CCC2=O)CC1. The van der Waals surface area contributed by atoms with Gasteiger partial charge in [0.2, 0.25) is 17.7 Å². The van der Waals surface area contributed by atoms with Crippen molar-refractivity contribution >= 4 is 23.4 Å². The molecule has 4 heterocycles. The van der Waals surface area contributed by atoms with E-state index in [4.69, 9.17) is 0 Å². The molecule has 0 spiro atoms. The largest absolute Gasteiger partial charge is 0.365 e. The summed E-state index contributed by atoms with van der Waals surface area (Å²) in [4.78, 5) is 45.5. The van der Waals surface area contributed by atoms with E-state index < -0.39 is 0 Å². The van der Waals surface area contributed by atoms with Crippen molar-refractivity contribution in [1.82, 2.24) is 24.6 Å². The van der Waals surface area contributed by atoms with Crippen molar-refractivity contribution in [2.24, 2.45) is 0 Å². The molecule has 152 valence electrons. The molecule has 0 saturated carbocycles. The lowest BCUT2D eigenvalue weighted by molar-refractivity contribution is -0.145. The summed E-state index contributed by atoms with van der Waals surface area (Å²) in [5.41, 5.74) is 2.99. The Kier molecular flexibility index (Phi) is 5.04. The molecule has 0 N–H and O–H groups in total. The maximum Gasteiger partial charge on any atom is 0.242 e. The van der Waals surface area contributed by atoms with Crippen LogP contribution in [0.15, 0.2) is 24.4 Å². The third-order valence-electron chi connectivity index (χ3n) is 5.52. The Bertz CT molecular complexity index is 931. The fourth-order valence-electron chi connectivity index (χ4n) is 4.01. The summed E-state index contributed by atoms with van der Waals surface area (Å²) >= 11 is 0. The minimum atomic E-state index is -0.254. The smallest absolute Gasteiger partial charge is 0.242 e. The number of hydrogen-bond acceptors (Lipinski definition) is 6. The van der Waals surface area contributed by atoms with Gasteiger partial charge in [0.1, 0.15) is 6.54 Å². The number of hydrogen-bond donors (Lipinski definition) is 0. The molecule has 9 heteroatoms. The number of piperazine rings is 1. The van der Waals surface area contributed by atoms with Crippen molar-refractivity contribution < 1.29 is 14.4 Å². The molecule has 0 atom stereocenters. The average Bonchev–Trinajstić information content (AvgIpc) is 3.21. The van der Waals surface area contributed by atoms with Crippen molar-refractivity contribution in [3.63, 3.8) is 0 Å². The van der Waals surface area contributed by atoms with Crippen molar-refractivity contribution in [1.29, 1.82) is 0 Å². The first-order chi connectivity index (χ1) is 14.0. The highest BCUT2D eigenvalue weighted by molar-refractivity contribution is 6.04. The van der Waals surface area contributed by atoms with Crippen molar-refractivity contribution in [2.45, 2.75) is 26.7 Å². The quantitative estimate of drug-likeness (QED) is 0.706. The van der Waals surface area contributed by atoms with E-state index in [1.165, 1.54) is 0 Å². The molecule has 29 heavy (non-hydrogen) atoms. The van der Waals surface area contributed by atoms with E-state index in [1.807, 2.05) is 36.7 Å². The predicted molar refractivity (Wildman–Crippen MR) is 106 cm³/mol. The minimum absolute atomic E-state index is 0.146. The highest BCUT2D eigenvalue weighted by Gasteiger charge is 2.33. The molecular weight excluding hydrogens is 372 g/mol. The molecule has 2 fully saturated rings. The fourth-order valence-corrected chi connectivity index (χ4v) is 4.01. The van der Waals surface area contributed by atoms with Gasteiger partial charge >= 0.3 is 0 Å². The molecule has 2 aliphatic heterocycles. The van der Waals surface area contributed by atoms with Crippen molar-refractivity contribution in [2.75, 3.05) is 37.6 Å². The highest BCUT2D eigenvalue weighted by Crippen LogP contribution is 2.27. The predicted octanol–water partition coefficient (Wildman–Crippen LogP) is 0.682. The summed E-state index contributed by atoms with van der Waals surface area (Å²) in [7, 11) is 0. The van der Waals surface area contributed by atoms with Crippen LogP contribution in [-0.4, -0.2) is 75.0 Å². The number of aromatic nitrogens is 3. The summed E-state index contributed by atoms with van der Waals surface area (Å²) in [6, 6.07) is 5.72. The monoisotopic (exact) mass is 396 g/mol. The number of rotatable bonds is 4. The van der Waals surface area contributed by atoms with Crippen LogP contribution >= 0.6 is 0 Å². The Hall–Kier alpha value is -3.23. The molecule has 2 aromatic heterocycles. The summed E-state index contributed by atoms with van der Waals surface area (Å²) in [5.74, 6) is 0.0873. The zero-order valence-electron chi connectivity index (χ0n) is 16.7. The Morgan fingerprint density at radius 1 is 1.03 bits per heavy atom. The number of amides is 3. The zero-order valence-corrected chi connectivity index (χ0v) is 16.7. The van der Waals surface area contributed by atoms with Crippen LogP contribution < -0.4 is 4.90 Å². The Labute approximate surface area is 168 Å². The highest BCUT2D eigenvalue weighted by atomic mass is 16.2. The second-order valence-electron chi connectivity index (χ2n) is 7.36. The van der Waals surface area contributed by atoms with Crippen molar-refractivity contribution in [3.8, 4) is 5.82 Å². The van der Waals surface area contributed by atoms with Crippen LogP contribution in [0.4, 0.5) is 5.69 Å². The van der Waals surface area contributed by atoms with Crippen molar-refractivity contribution in [3.05, 3.63) is 35.8 Å². The molecule has 2 aliphatic rings. The van der Waals surface area contributed by atoms with Crippen LogP contribution in [0.3, 0.4) is 0 Å². The lowest BCUT2D eigenvalue weighted by atomic mass is 10.2. The van der Waals surface area contributed by atoms with Gasteiger partial charge in [-0.3, -0.25) is 19.3 Å². The number of anilines is 1. The summed E-state index contributed by atoms with van der Waals surface area (Å²) in [6.45, 7) is 6.28. The normalized spacial score (nSPS) is 17.4. The Morgan fingerprint density at radius 3 is 2.34 bits per heavy atom. The van der Waals surface area contributed by atoms with Gasteiger partial charge in [0.15, 0.2) is 5.82 Å². The number of carbonyl (C=O) groups is 3. The topological polar surface area (TPSA) is 91.6 Å². The van der Waals surface area contributed by atoms with Gasteiger partial charge in [0.25, 0.3) is 0 Å². The number of likely N-dealkylation sites (tertiary alicyclic amines) is 1. The molecule has 0 aromatic carbocycles. The summed E-state index contributed by atoms with van der Waals surface area (Å²) in [6.07, 6.45) is 2.16. The van der Waals surface area contributed by atoms with E-state index >= 15 is 0 Å². The van der Waals surface area contributed by atoms with Gasteiger partial charge in [-0.2, -0.15) is 5.10 Å². The van der Waals surface area contributed by atoms with Crippen LogP contribution in [0.25, 0.3) is 5.82 Å². The molecule has 4 rings (SSSR count). The number of imide groups is 1. The molecule has 0 aliphatic carbocycles. The van der Waals surface area contributed by atoms with E-state index in [-0.39, 0.29) is 37.1 Å². The molecule has 3 amide bonds. The van der Waals surface area contributed by atoms with E-state index in [0.29, 0.717) is 26.2 Å². The first-order valence-corrected chi connectivity index (χ1v) is 9.79. The number of carbonyl (C=O) groups excluding carboxylic acids is 3. The molecular formula is C20H24N6O3. The third-order valence-corrected chi connectivity index (χ3v) is 5.52. The molecule has 2 aromatic rings. The molecule has 0 radical (unpaired) electrons. The first kappa shape index (κ1) is 19.1. The van der Waals surface area contributed by atoms with E-state index in [9.17, 15) is 14.4 Å². The Balaban J connectivity index is 1.42. The second kappa shape index (κ2) is 7.65. The van der Waals surface area contributed by atoms with E-state index in [1.54, 1.807) is 11.1 Å². The van der Waals surface area contributed by atoms with Gasteiger partial charge in [-0.1, -0.05) is 6.07 Å². The van der Waals surface area contributed by atoms with Crippen LogP contribution in [0.2, 0.25) is 0 Å². The minimum Gasteiger partial charge on any atom is -0.365 e. The average molecular weight is 396 g/mol. The van der Waals surface area contributed by atoms with Gasteiger partial charge < -0.3 is 9.80 Å². The van der Waals surface area contributed by atoms with E-state index in [2.05, 4.69) is 15.0 Å². The first-order valence-electron chi connectivity index (χ1n) is 9.79. The third kappa shape index (κ3) is 3.59. The van der Waals surface area contributed by atoms with Gasteiger partial charge in [0.05, 0.1) is 17.1 Å². The maximum absolute atomic E-state index is 12.5. The molecule has 2 saturated heterocycles. The number of nitrogens with zero attached hydrogens (tertiary/aromatic N) is 6. The van der Waals surface area contributed by atoms with Gasteiger partial charge in [-0.05, 0) is 26.0 Å². The lowest BCUT2D eigenvalue weighted by Gasteiger charge is -2.36. The van der Waals surface area contributed by atoms with Crippen LogP contribution in [0, 0.1) is 13.8 Å². The fraction of sp³-hybridized carbons (Fsp3) is 0.450. The molecule has 9 nitrogen and oxygen atoms in total. The lowest BCUT2D eigenvalue weighted by Crippen LogP contribution is -2.52. The zero-order chi connectivity index (χ0) is 20.5. The van der Waals surface area contributed by atoms with Crippen LogP contribution in [0.1, 0.15) is 24.2 Å². The standard InChI is InChI=1S/C20H24N6O3/c1-14-20(15(2)26(22-14)16-5-3-4-8-21-16)24-11-9-23(10-12-24)19(29)13-25-17(27)6-7-18(25)28/h3-5,8H,6-7,9-13H2,1-2H3. The molecule has 0 bridgehead atoms. The maximum atomic E-state index is 12.5. The number of aryl methyl sites for hydroxylation is 1. The van der Waals surface area contributed by atoms with E-state index in [0.717, 1.165) is 27.8 Å². The molecule has 0 unspecified atom stereocenters. The number of pyridine rings is 1. The summed E-state index contributed by atoms with van der Waals surface area (Å²) < 4.78 is 1.84. The van der Waals surface area contributed by atoms with Gasteiger partial charge in [0, 0.05) is 45.2 Å². The summed E-state index contributed by atoms with van der Waals surface area (Å²) in [5, 5.41) is 4.65. The van der Waals surface area contributed by atoms with Crippen LogP contribution in [0.5, 0.6) is 0 Å². The Morgan fingerprint density at radius 2 is 1.72 bits per heavy atom. The van der Waals surface area contributed by atoms with Crippen LogP contribution in [-0.2, 0) is 14.4 Å². The van der Waals surface area contributed by atoms with Gasteiger partial charge in [-0.15, -0.1) is 0 Å².